The first-order valence-electron chi connectivity index (χ1n) is 5.07. The Balaban J connectivity index is 2.96. The first-order valence-corrected chi connectivity index (χ1v) is 5.07. The Hall–Kier alpha value is -2.99. The molecule has 0 aliphatic rings. The zero-order valence-electron chi connectivity index (χ0n) is 10.5. The lowest BCUT2D eigenvalue weighted by molar-refractivity contribution is -0.798. The van der Waals surface area contributed by atoms with Crippen LogP contribution in [0.5, 0.6) is 0 Å². The lowest BCUT2D eigenvalue weighted by Gasteiger charge is -2.09. The molecule has 0 unspecified atom stereocenters. The molecule has 1 heterocycles. The molecule has 110 valence electrons. The van der Waals surface area contributed by atoms with Gasteiger partial charge in [-0.1, -0.05) is 0 Å². The standard InChI is InChI=1S/C7H11N7O6/c1-19-9-12(15)7(13(16)10-20-2)5-11-4-6(3-8-11)14(17)18/h3-4,7H,5H2,1-2H3. The van der Waals surface area contributed by atoms with Gasteiger partial charge in [0.05, 0.1) is 4.92 Å². The molecule has 0 aromatic carbocycles. The van der Waals surface area contributed by atoms with Crippen LogP contribution in [0.3, 0.4) is 0 Å². The topological polar surface area (TPSA) is 156 Å². The third-order valence-corrected chi connectivity index (χ3v) is 2.01. The molecule has 0 fully saturated rings. The molecule has 0 spiro atoms. The van der Waals surface area contributed by atoms with Crippen molar-refractivity contribution >= 4 is 5.69 Å². The SMILES string of the molecule is CON=[N+]([O-])C(Cn1cc([N+](=O)[O-])cn1)[N+]([O-])=NOC. The van der Waals surface area contributed by atoms with Gasteiger partial charge < -0.3 is 20.1 Å². The molecule has 0 N–H and O–H groups in total. The van der Waals surface area contributed by atoms with Crippen LogP contribution in [-0.4, -0.2) is 44.8 Å². The average molecular weight is 289 g/mol. The summed E-state index contributed by atoms with van der Waals surface area (Å²) < 4.78 is 1.02. The van der Waals surface area contributed by atoms with E-state index in [9.17, 15) is 20.5 Å². The smallest absolute Gasteiger partial charge is 0.435 e. The van der Waals surface area contributed by atoms with Gasteiger partial charge in [-0.2, -0.15) is 5.10 Å². The van der Waals surface area contributed by atoms with Crippen molar-refractivity contribution in [2.24, 2.45) is 10.6 Å². The van der Waals surface area contributed by atoms with E-state index in [2.05, 4.69) is 25.3 Å². The highest BCUT2D eigenvalue weighted by atomic mass is 16.7. The summed E-state index contributed by atoms with van der Waals surface area (Å²) in [7, 11) is 2.23. The van der Waals surface area contributed by atoms with Crippen molar-refractivity contribution < 1.29 is 24.3 Å². The fourth-order valence-corrected chi connectivity index (χ4v) is 1.21. The summed E-state index contributed by atoms with van der Waals surface area (Å²) in [5.74, 6) is 0. The first-order chi connectivity index (χ1) is 9.49. The Labute approximate surface area is 111 Å². The fraction of sp³-hybridized carbons (Fsp3) is 0.571. The van der Waals surface area contributed by atoms with Crippen molar-refractivity contribution in [1.82, 2.24) is 9.78 Å². The minimum atomic E-state index is -1.51. The van der Waals surface area contributed by atoms with Crippen molar-refractivity contribution in [3.8, 4) is 0 Å². The largest absolute Gasteiger partial charge is 0.592 e. The van der Waals surface area contributed by atoms with E-state index in [1.807, 2.05) is 0 Å². The quantitative estimate of drug-likeness (QED) is 0.227. The minimum Gasteiger partial charge on any atom is -0.592 e. The maximum Gasteiger partial charge on any atom is 0.435 e. The highest BCUT2D eigenvalue weighted by molar-refractivity contribution is 5.20. The lowest BCUT2D eigenvalue weighted by atomic mass is 10.5. The van der Waals surface area contributed by atoms with E-state index in [1.54, 1.807) is 0 Å². The molecule has 0 saturated heterocycles. The zero-order valence-corrected chi connectivity index (χ0v) is 10.5. The summed E-state index contributed by atoms with van der Waals surface area (Å²) in [5, 5.41) is 43.2. The number of hydroxylamine groups is 2. The van der Waals surface area contributed by atoms with Crippen molar-refractivity contribution in [3.63, 3.8) is 0 Å². The number of rotatable bonds is 7. The molecule has 0 atom stereocenters. The number of nitro groups is 1. The van der Waals surface area contributed by atoms with Crippen molar-refractivity contribution in [2.75, 3.05) is 14.2 Å². The third-order valence-electron chi connectivity index (χ3n) is 2.01. The first kappa shape index (κ1) is 15.1. The van der Waals surface area contributed by atoms with Gasteiger partial charge in [-0.3, -0.25) is 14.8 Å². The van der Waals surface area contributed by atoms with Crippen LogP contribution in [0, 0.1) is 20.5 Å². The van der Waals surface area contributed by atoms with Crippen LogP contribution >= 0.6 is 0 Å². The monoisotopic (exact) mass is 289 g/mol. The van der Waals surface area contributed by atoms with Gasteiger partial charge in [0, 0.05) is 9.72 Å². The van der Waals surface area contributed by atoms with Crippen LogP contribution in [0.25, 0.3) is 0 Å². The number of hydrogen-bond donors (Lipinski definition) is 0. The Morgan fingerprint density at radius 3 is 2.25 bits per heavy atom. The van der Waals surface area contributed by atoms with E-state index < -0.39 is 11.1 Å². The molecular weight excluding hydrogens is 278 g/mol. The summed E-state index contributed by atoms with van der Waals surface area (Å²) >= 11 is 0. The van der Waals surface area contributed by atoms with Gasteiger partial charge in [0.15, 0.2) is 6.54 Å². The molecule has 0 aliphatic heterocycles. The molecule has 0 amide bonds. The molecule has 13 heteroatoms. The Kier molecular flexibility index (Phi) is 5.13. The van der Waals surface area contributed by atoms with Gasteiger partial charge >= 0.3 is 11.9 Å². The highest BCUT2D eigenvalue weighted by Crippen LogP contribution is 2.09. The highest BCUT2D eigenvalue weighted by Gasteiger charge is 2.31. The third kappa shape index (κ3) is 3.76. The van der Waals surface area contributed by atoms with Crippen LogP contribution in [-0.2, 0) is 16.2 Å². The summed E-state index contributed by atoms with van der Waals surface area (Å²) in [6, 6.07) is 0. The molecule has 1 rings (SSSR count). The summed E-state index contributed by atoms with van der Waals surface area (Å²) in [4.78, 5) is 18.2. The van der Waals surface area contributed by atoms with Gasteiger partial charge in [-0.25, -0.2) is 0 Å². The van der Waals surface area contributed by atoms with Crippen molar-refractivity contribution in [2.45, 2.75) is 12.7 Å². The second-order valence-electron chi connectivity index (χ2n) is 3.29. The second kappa shape index (κ2) is 6.81. The Bertz CT molecular complexity index is 505. The van der Waals surface area contributed by atoms with Gasteiger partial charge in [0.25, 0.3) is 0 Å². The Morgan fingerprint density at radius 2 is 1.85 bits per heavy atom. The van der Waals surface area contributed by atoms with E-state index in [0.29, 0.717) is 0 Å². The van der Waals surface area contributed by atoms with E-state index >= 15 is 0 Å². The van der Waals surface area contributed by atoms with Crippen molar-refractivity contribution in [3.05, 3.63) is 32.9 Å². The van der Waals surface area contributed by atoms with E-state index in [-0.39, 0.29) is 22.0 Å². The summed E-state index contributed by atoms with van der Waals surface area (Å²) in [5.41, 5.74) is -0.286. The number of aromatic nitrogens is 2. The fourth-order valence-electron chi connectivity index (χ4n) is 1.21. The molecule has 1 aromatic rings. The second-order valence-corrected chi connectivity index (χ2v) is 3.29. The van der Waals surface area contributed by atoms with Gasteiger partial charge in [-0.15, -0.1) is 0 Å². The van der Waals surface area contributed by atoms with Crippen LogP contribution in [0.1, 0.15) is 0 Å². The zero-order chi connectivity index (χ0) is 15.1. The van der Waals surface area contributed by atoms with E-state index in [0.717, 1.165) is 31.3 Å². The van der Waals surface area contributed by atoms with E-state index in [1.165, 1.54) is 0 Å². The molecule has 0 radical (unpaired) electrons. The van der Waals surface area contributed by atoms with Crippen LogP contribution < -0.4 is 0 Å². The van der Waals surface area contributed by atoms with Crippen molar-refractivity contribution in [1.29, 1.82) is 0 Å². The normalized spacial score (nSPS) is 13.9. The van der Waals surface area contributed by atoms with Crippen LogP contribution in [0.2, 0.25) is 0 Å². The molecule has 13 nitrogen and oxygen atoms in total. The minimum absolute atomic E-state index is 0.0664. The molecular formula is C7H11N7O6. The molecule has 0 aliphatic carbocycles. The number of nitrogens with zero attached hydrogens (tertiary/aromatic N) is 7. The predicted molar refractivity (Wildman–Crippen MR) is 58.8 cm³/mol. The summed E-state index contributed by atoms with van der Waals surface area (Å²) in [6.45, 7) is -0.347. The van der Waals surface area contributed by atoms with Gasteiger partial charge in [-0.05, 0) is 0 Å². The van der Waals surface area contributed by atoms with Crippen LogP contribution in [0.15, 0.2) is 22.9 Å². The molecule has 0 saturated carbocycles. The Morgan fingerprint density at radius 1 is 1.30 bits per heavy atom. The summed E-state index contributed by atoms with van der Waals surface area (Å²) in [6.07, 6.45) is 0.519. The maximum atomic E-state index is 11.5. The van der Waals surface area contributed by atoms with E-state index in [4.69, 9.17) is 0 Å². The number of hydrogen-bond acceptors (Lipinski definition) is 9. The van der Waals surface area contributed by atoms with Gasteiger partial charge in [0.1, 0.15) is 26.6 Å². The predicted octanol–water partition coefficient (Wildman–Crippen LogP) is 0.165. The molecule has 0 bridgehead atoms. The average Bonchev–Trinajstić information content (AvgIpc) is 2.85. The molecule has 20 heavy (non-hydrogen) atoms. The van der Waals surface area contributed by atoms with Gasteiger partial charge in [0.2, 0.25) is 10.6 Å². The van der Waals surface area contributed by atoms with Crippen LogP contribution in [0.4, 0.5) is 5.69 Å². The lowest BCUT2D eigenvalue weighted by Crippen LogP contribution is -2.34. The maximum absolute atomic E-state index is 11.5. The molecule has 1 aromatic heterocycles.